The molecule has 1 aromatic heterocycles. The standard InChI is InChI=1S/C23H41N7.HI/c1-4-11-29-12-9-21(10-13-29)27-23(24-5-2)26-19-20-7-8-22(25-18-20)30-16-14-28(6-3)15-17-30;/h7-8,18,21H,4-6,9-17,19H2,1-3H3,(H2,24,26,27);1H. The van der Waals surface area contributed by atoms with Crippen LogP contribution in [0.3, 0.4) is 0 Å². The van der Waals surface area contributed by atoms with Crippen LogP contribution in [-0.4, -0.2) is 85.7 Å². The monoisotopic (exact) mass is 543 g/mol. The van der Waals surface area contributed by atoms with Crippen molar-refractivity contribution in [3.63, 3.8) is 0 Å². The summed E-state index contributed by atoms with van der Waals surface area (Å²) >= 11 is 0. The van der Waals surface area contributed by atoms with Crippen LogP contribution in [-0.2, 0) is 6.54 Å². The SMILES string of the molecule is CCCN1CCC(NC(=NCc2ccc(N3CCN(CC)CC3)nc2)NCC)CC1.I. The van der Waals surface area contributed by atoms with Gasteiger partial charge in [-0.25, -0.2) is 9.98 Å². The van der Waals surface area contributed by atoms with Crippen molar-refractivity contribution in [3.8, 4) is 0 Å². The van der Waals surface area contributed by atoms with Crippen LogP contribution in [0.1, 0.15) is 45.6 Å². The molecule has 2 aliphatic rings. The van der Waals surface area contributed by atoms with Gasteiger partial charge in [0.15, 0.2) is 5.96 Å². The number of anilines is 1. The van der Waals surface area contributed by atoms with E-state index in [0.717, 1.165) is 56.6 Å². The van der Waals surface area contributed by atoms with Crippen LogP contribution >= 0.6 is 24.0 Å². The van der Waals surface area contributed by atoms with Crippen LogP contribution < -0.4 is 15.5 Å². The van der Waals surface area contributed by atoms with Crippen molar-refractivity contribution in [3.05, 3.63) is 23.9 Å². The Kier molecular flexibility index (Phi) is 11.9. The Labute approximate surface area is 206 Å². The molecule has 31 heavy (non-hydrogen) atoms. The molecule has 3 rings (SSSR count). The molecule has 176 valence electrons. The first-order chi connectivity index (χ1) is 14.7. The number of piperidine rings is 1. The topological polar surface area (TPSA) is 59.0 Å². The number of piperazine rings is 1. The van der Waals surface area contributed by atoms with Gasteiger partial charge in [-0.05, 0) is 50.9 Å². The lowest BCUT2D eigenvalue weighted by atomic mass is 10.1. The van der Waals surface area contributed by atoms with Crippen molar-refractivity contribution in [2.75, 3.05) is 63.8 Å². The molecule has 2 fully saturated rings. The number of pyridine rings is 1. The van der Waals surface area contributed by atoms with Gasteiger partial charge in [0.1, 0.15) is 5.82 Å². The largest absolute Gasteiger partial charge is 0.357 e. The zero-order valence-electron chi connectivity index (χ0n) is 19.6. The van der Waals surface area contributed by atoms with Crippen LogP contribution in [0.5, 0.6) is 0 Å². The van der Waals surface area contributed by atoms with Gasteiger partial charge in [-0.2, -0.15) is 0 Å². The fourth-order valence-corrected chi connectivity index (χ4v) is 4.29. The summed E-state index contributed by atoms with van der Waals surface area (Å²) in [5.74, 6) is 2.01. The zero-order valence-corrected chi connectivity index (χ0v) is 22.0. The van der Waals surface area contributed by atoms with Crippen molar-refractivity contribution in [2.45, 2.75) is 52.6 Å². The second-order valence-corrected chi connectivity index (χ2v) is 8.40. The quantitative estimate of drug-likeness (QED) is 0.299. The average molecular weight is 544 g/mol. The molecule has 0 aromatic carbocycles. The number of nitrogens with zero attached hydrogens (tertiary/aromatic N) is 5. The van der Waals surface area contributed by atoms with Gasteiger partial charge < -0.3 is 25.3 Å². The third-order valence-corrected chi connectivity index (χ3v) is 6.18. The second kappa shape index (κ2) is 14.1. The number of rotatable bonds is 8. The second-order valence-electron chi connectivity index (χ2n) is 8.40. The van der Waals surface area contributed by atoms with Gasteiger partial charge in [0.2, 0.25) is 0 Å². The van der Waals surface area contributed by atoms with Crippen molar-refractivity contribution in [2.24, 2.45) is 4.99 Å². The minimum atomic E-state index is 0. The summed E-state index contributed by atoms with van der Waals surface area (Å²) in [6.45, 7) is 17.2. The molecular weight excluding hydrogens is 501 g/mol. The Morgan fingerprint density at radius 2 is 1.77 bits per heavy atom. The van der Waals surface area contributed by atoms with Crippen LogP contribution in [0.2, 0.25) is 0 Å². The molecule has 8 heteroatoms. The first-order valence-corrected chi connectivity index (χ1v) is 11.9. The van der Waals surface area contributed by atoms with Crippen LogP contribution in [0, 0.1) is 0 Å². The van der Waals surface area contributed by atoms with Gasteiger partial charge in [0, 0.05) is 58.1 Å². The molecule has 1 aromatic rings. The number of nitrogens with one attached hydrogen (secondary N) is 2. The average Bonchev–Trinajstić information content (AvgIpc) is 2.79. The van der Waals surface area contributed by atoms with Gasteiger partial charge in [-0.3, -0.25) is 0 Å². The highest BCUT2D eigenvalue weighted by Crippen LogP contribution is 2.15. The Morgan fingerprint density at radius 3 is 2.35 bits per heavy atom. The molecular formula is C23H42IN7. The number of hydrogen-bond acceptors (Lipinski definition) is 5. The molecule has 0 amide bonds. The number of aliphatic imine (C=N–C) groups is 1. The number of likely N-dealkylation sites (tertiary alicyclic amines) is 1. The molecule has 0 spiro atoms. The van der Waals surface area contributed by atoms with Gasteiger partial charge in [0.25, 0.3) is 0 Å². The van der Waals surface area contributed by atoms with E-state index in [1.807, 2.05) is 6.20 Å². The zero-order chi connectivity index (χ0) is 21.2. The highest BCUT2D eigenvalue weighted by molar-refractivity contribution is 14.0. The van der Waals surface area contributed by atoms with Crippen molar-refractivity contribution in [1.82, 2.24) is 25.4 Å². The molecule has 0 atom stereocenters. The maximum atomic E-state index is 4.82. The molecule has 2 aliphatic heterocycles. The van der Waals surface area contributed by atoms with Crippen molar-refractivity contribution < 1.29 is 0 Å². The first kappa shape index (κ1) is 26.1. The predicted molar refractivity (Wildman–Crippen MR) is 142 cm³/mol. The summed E-state index contributed by atoms with van der Waals surface area (Å²) in [6.07, 6.45) is 5.60. The highest BCUT2D eigenvalue weighted by Gasteiger charge is 2.19. The van der Waals surface area contributed by atoms with Gasteiger partial charge in [0.05, 0.1) is 6.54 Å². The summed E-state index contributed by atoms with van der Waals surface area (Å²) in [5, 5.41) is 7.04. The first-order valence-electron chi connectivity index (χ1n) is 11.9. The molecule has 0 aliphatic carbocycles. The van der Waals surface area contributed by atoms with Crippen molar-refractivity contribution >= 4 is 35.8 Å². The van der Waals surface area contributed by atoms with Gasteiger partial charge in [-0.15, -0.1) is 24.0 Å². The molecule has 7 nitrogen and oxygen atoms in total. The smallest absolute Gasteiger partial charge is 0.191 e. The van der Waals surface area contributed by atoms with Crippen LogP contribution in [0.25, 0.3) is 0 Å². The summed E-state index contributed by atoms with van der Waals surface area (Å²) in [5.41, 5.74) is 1.15. The normalized spacial score (nSPS) is 19.2. The van der Waals surface area contributed by atoms with E-state index in [1.54, 1.807) is 0 Å². The molecule has 2 N–H and O–H groups in total. The third kappa shape index (κ3) is 8.38. The number of hydrogen-bond donors (Lipinski definition) is 2. The van der Waals surface area contributed by atoms with Crippen LogP contribution in [0.4, 0.5) is 5.82 Å². The summed E-state index contributed by atoms with van der Waals surface area (Å²) in [7, 11) is 0. The van der Waals surface area contributed by atoms with Gasteiger partial charge >= 0.3 is 0 Å². The lowest BCUT2D eigenvalue weighted by Gasteiger charge is -2.34. The maximum absolute atomic E-state index is 4.82. The molecule has 0 unspecified atom stereocenters. The number of aromatic nitrogens is 1. The summed E-state index contributed by atoms with van der Waals surface area (Å²) < 4.78 is 0. The van der Waals surface area contributed by atoms with E-state index in [1.165, 1.54) is 38.9 Å². The predicted octanol–water partition coefficient (Wildman–Crippen LogP) is 2.77. The van der Waals surface area contributed by atoms with E-state index in [9.17, 15) is 0 Å². The van der Waals surface area contributed by atoms with E-state index >= 15 is 0 Å². The minimum absolute atomic E-state index is 0. The lowest BCUT2D eigenvalue weighted by molar-refractivity contribution is 0.206. The third-order valence-electron chi connectivity index (χ3n) is 6.18. The maximum Gasteiger partial charge on any atom is 0.191 e. The van der Waals surface area contributed by atoms with Crippen molar-refractivity contribution in [1.29, 1.82) is 0 Å². The van der Waals surface area contributed by atoms with Crippen LogP contribution in [0.15, 0.2) is 23.3 Å². The Balaban J connectivity index is 0.00000341. The lowest BCUT2D eigenvalue weighted by Crippen LogP contribution is -2.48. The molecule has 0 radical (unpaired) electrons. The molecule has 3 heterocycles. The fourth-order valence-electron chi connectivity index (χ4n) is 4.29. The summed E-state index contributed by atoms with van der Waals surface area (Å²) in [4.78, 5) is 17.0. The Hall–Kier alpha value is -1.13. The minimum Gasteiger partial charge on any atom is -0.357 e. The number of likely N-dealkylation sites (N-methyl/N-ethyl adjacent to an activating group) is 1. The molecule has 2 saturated heterocycles. The van der Waals surface area contributed by atoms with Gasteiger partial charge in [-0.1, -0.05) is 19.9 Å². The van der Waals surface area contributed by atoms with E-state index in [-0.39, 0.29) is 24.0 Å². The van der Waals surface area contributed by atoms with E-state index in [0.29, 0.717) is 12.6 Å². The molecule has 0 saturated carbocycles. The van der Waals surface area contributed by atoms with E-state index in [4.69, 9.17) is 9.98 Å². The Morgan fingerprint density at radius 1 is 1.03 bits per heavy atom. The highest BCUT2D eigenvalue weighted by atomic mass is 127. The molecule has 0 bridgehead atoms. The van der Waals surface area contributed by atoms with E-state index < -0.39 is 0 Å². The fraction of sp³-hybridized carbons (Fsp3) is 0.739. The van der Waals surface area contributed by atoms with E-state index in [2.05, 4.69) is 58.2 Å². The Bertz CT molecular complexity index is 636. The number of guanidine groups is 1. The number of halogens is 1. The summed E-state index contributed by atoms with van der Waals surface area (Å²) in [6, 6.07) is 4.83.